The predicted octanol–water partition coefficient (Wildman–Crippen LogP) is 4.76. The maximum absolute atomic E-state index is 13.0. The van der Waals surface area contributed by atoms with Crippen LogP contribution in [-0.2, 0) is 11.2 Å². The van der Waals surface area contributed by atoms with Gasteiger partial charge in [0.2, 0.25) is 5.91 Å². The number of fused-ring (bicyclic) bond motifs is 2. The quantitative estimate of drug-likeness (QED) is 0.726. The van der Waals surface area contributed by atoms with Crippen molar-refractivity contribution in [2.45, 2.75) is 65.9 Å². The molecule has 1 fully saturated rings. The van der Waals surface area contributed by atoms with Crippen molar-refractivity contribution >= 4 is 17.2 Å². The van der Waals surface area contributed by atoms with Crippen molar-refractivity contribution in [2.75, 3.05) is 13.1 Å². The topological polar surface area (TPSA) is 66.3 Å². The van der Waals surface area contributed by atoms with Crippen LogP contribution in [0.3, 0.4) is 0 Å². The van der Waals surface area contributed by atoms with Gasteiger partial charge in [0.05, 0.1) is 11.8 Å². The SMILES string of the molecule is CCN(CC)C(=O)[C@@H](C)[C@H]1CC[C@@]2(C)Cc3sc(-c4cccnc4)nc3[C@@H](C)[C@@H]2[C@H]1O. The Kier molecular flexibility index (Phi) is 6.23. The summed E-state index contributed by atoms with van der Waals surface area (Å²) in [6.45, 7) is 12.1. The Hall–Kier alpha value is -1.79. The number of aliphatic hydroxyl groups excluding tert-OH is 1. The molecule has 2 heterocycles. The standard InChI is InChI=1S/C25H35N3O2S/c1-6-28(7-2)24(30)15(3)18-10-11-25(5)13-19-21(16(4)20(25)22(18)29)27-23(31-19)17-9-8-12-26-14-17/h8-9,12,14-16,18,20,22,29H,6-7,10-11,13H2,1-5H3/t15-,16-,18+,20+,22-,25-/m0/s1. The van der Waals surface area contributed by atoms with E-state index in [1.165, 1.54) is 4.88 Å². The average Bonchev–Trinajstić information content (AvgIpc) is 3.18. The Morgan fingerprint density at radius 2 is 2.13 bits per heavy atom. The molecular formula is C25H35N3O2S. The third-order valence-corrected chi connectivity index (χ3v) is 9.06. The van der Waals surface area contributed by atoms with Crippen molar-refractivity contribution in [2.24, 2.45) is 23.2 Å². The molecule has 0 bridgehead atoms. The second kappa shape index (κ2) is 8.62. The number of hydrogen-bond donors (Lipinski definition) is 1. The van der Waals surface area contributed by atoms with E-state index in [0.29, 0.717) is 0 Å². The molecule has 2 aromatic heterocycles. The fourth-order valence-corrected chi connectivity index (χ4v) is 7.52. The lowest BCUT2D eigenvalue weighted by atomic mass is 9.53. The lowest BCUT2D eigenvalue weighted by Crippen LogP contribution is -2.53. The average molecular weight is 442 g/mol. The van der Waals surface area contributed by atoms with Crippen molar-refractivity contribution in [3.8, 4) is 10.6 Å². The largest absolute Gasteiger partial charge is 0.392 e. The van der Waals surface area contributed by atoms with Gasteiger partial charge in [-0.3, -0.25) is 9.78 Å². The molecule has 1 N–H and O–H groups in total. The van der Waals surface area contributed by atoms with E-state index in [9.17, 15) is 9.90 Å². The monoisotopic (exact) mass is 441 g/mol. The number of aromatic nitrogens is 2. The molecule has 0 saturated heterocycles. The van der Waals surface area contributed by atoms with Gasteiger partial charge in [-0.05, 0) is 62.5 Å². The van der Waals surface area contributed by atoms with Crippen LogP contribution in [0.5, 0.6) is 0 Å². The van der Waals surface area contributed by atoms with Gasteiger partial charge in [-0.15, -0.1) is 11.3 Å². The first kappa shape index (κ1) is 22.4. The summed E-state index contributed by atoms with van der Waals surface area (Å²) in [6.07, 6.45) is 6.07. The summed E-state index contributed by atoms with van der Waals surface area (Å²) in [5, 5.41) is 12.6. The summed E-state index contributed by atoms with van der Waals surface area (Å²) in [4.78, 5) is 25.5. The van der Waals surface area contributed by atoms with Crippen molar-refractivity contribution in [1.82, 2.24) is 14.9 Å². The molecule has 31 heavy (non-hydrogen) atoms. The number of carbonyl (C=O) groups excluding carboxylic acids is 1. The van der Waals surface area contributed by atoms with Crippen LogP contribution in [0.1, 0.15) is 63.9 Å². The Bertz CT molecular complexity index is 926. The Morgan fingerprint density at radius 3 is 2.77 bits per heavy atom. The van der Waals surface area contributed by atoms with Gasteiger partial charge in [-0.25, -0.2) is 4.98 Å². The number of thiazole rings is 1. The molecule has 4 rings (SSSR count). The fourth-order valence-electron chi connectivity index (χ4n) is 6.17. The van der Waals surface area contributed by atoms with E-state index in [4.69, 9.17) is 4.98 Å². The van der Waals surface area contributed by atoms with Gasteiger partial charge in [-0.2, -0.15) is 0 Å². The number of hydrogen-bond acceptors (Lipinski definition) is 5. The molecular weight excluding hydrogens is 406 g/mol. The van der Waals surface area contributed by atoms with E-state index < -0.39 is 6.10 Å². The minimum Gasteiger partial charge on any atom is -0.392 e. The zero-order chi connectivity index (χ0) is 22.3. The fraction of sp³-hybridized carbons (Fsp3) is 0.640. The van der Waals surface area contributed by atoms with E-state index in [0.717, 1.165) is 48.6 Å². The predicted molar refractivity (Wildman–Crippen MR) is 125 cm³/mol. The van der Waals surface area contributed by atoms with Crippen molar-refractivity contribution in [3.05, 3.63) is 35.1 Å². The Balaban J connectivity index is 1.62. The van der Waals surface area contributed by atoms with Crippen LogP contribution in [0.25, 0.3) is 10.6 Å². The van der Waals surface area contributed by atoms with Gasteiger partial charge in [0.25, 0.3) is 0 Å². The van der Waals surface area contributed by atoms with Crippen LogP contribution in [-0.4, -0.2) is 45.1 Å². The lowest BCUT2D eigenvalue weighted by molar-refractivity contribution is -0.144. The molecule has 0 aliphatic heterocycles. The highest BCUT2D eigenvalue weighted by Gasteiger charge is 2.54. The zero-order valence-electron chi connectivity index (χ0n) is 19.3. The van der Waals surface area contributed by atoms with E-state index in [-0.39, 0.29) is 35.0 Å². The van der Waals surface area contributed by atoms with Crippen LogP contribution >= 0.6 is 11.3 Å². The van der Waals surface area contributed by atoms with Crippen molar-refractivity contribution < 1.29 is 9.90 Å². The smallest absolute Gasteiger partial charge is 0.225 e. The summed E-state index contributed by atoms with van der Waals surface area (Å²) >= 11 is 1.78. The number of amides is 1. The van der Waals surface area contributed by atoms with Gasteiger partial charge in [-0.1, -0.05) is 20.8 Å². The minimum absolute atomic E-state index is 0.00612. The molecule has 2 aromatic rings. The van der Waals surface area contributed by atoms with Crippen molar-refractivity contribution in [3.63, 3.8) is 0 Å². The van der Waals surface area contributed by atoms with Crippen LogP contribution in [0.4, 0.5) is 0 Å². The third-order valence-electron chi connectivity index (χ3n) is 7.94. The molecule has 0 radical (unpaired) electrons. The molecule has 2 aliphatic rings. The van der Waals surface area contributed by atoms with Crippen molar-refractivity contribution in [1.29, 1.82) is 0 Å². The molecule has 5 nitrogen and oxygen atoms in total. The molecule has 0 aromatic carbocycles. The molecule has 0 unspecified atom stereocenters. The van der Waals surface area contributed by atoms with E-state index in [2.05, 4.69) is 24.9 Å². The molecule has 0 spiro atoms. The number of nitrogens with zero attached hydrogens (tertiary/aromatic N) is 3. The highest BCUT2D eigenvalue weighted by Crippen LogP contribution is 2.57. The summed E-state index contributed by atoms with van der Waals surface area (Å²) in [7, 11) is 0. The maximum Gasteiger partial charge on any atom is 0.225 e. The van der Waals surface area contributed by atoms with Gasteiger partial charge in [0.1, 0.15) is 5.01 Å². The first-order valence-corrected chi connectivity index (χ1v) is 12.5. The Morgan fingerprint density at radius 1 is 1.39 bits per heavy atom. The van der Waals surface area contributed by atoms with Crippen LogP contribution in [0.15, 0.2) is 24.5 Å². The third kappa shape index (κ3) is 3.82. The van der Waals surface area contributed by atoms with Crippen LogP contribution in [0.2, 0.25) is 0 Å². The van der Waals surface area contributed by atoms with Crippen LogP contribution < -0.4 is 0 Å². The zero-order valence-corrected chi connectivity index (χ0v) is 20.2. The summed E-state index contributed by atoms with van der Waals surface area (Å²) in [6, 6.07) is 4.00. The Labute approximate surface area is 189 Å². The van der Waals surface area contributed by atoms with E-state index in [1.807, 2.05) is 37.9 Å². The maximum atomic E-state index is 13.0. The molecule has 1 amide bonds. The van der Waals surface area contributed by atoms with Gasteiger partial charge < -0.3 is 10.0 Å². The molecule has 6 heteroatoms. The highest BCUT2D eigenvalue weighted by molar-refractivity contribution is 7.15. The molecule has 2 aliphatic carbocycles. The second-order valence-electron chi connectivity index (χ2n) is 9.71. The van der Waals surface area contributed by atoms with E-state index in [1.54, 1.807) is 17.5 Å². The number of pyridine rings is 1. The first-order chi connectivity index (χ1) is 14.8. The number of carbonyl (C=O) groups is 1. The summed E-state index contributed by atoms with van der Waals surface area (Å²) < 4.78 is 0. The lowest BCUT2D eigenvalue weighted by Gasteiger charge is -2.53. The molecule has 6 atom stereocenters. The minimum atomic E-state index is -0.486. The first-order valence-electron chi connectivity index (χ1n) is 11.7. The number of rotatable bonds is 5. The normalized spacial score (nSPS) is 30.9. The highest BCUT2D eigenvalue weighted by atomic mass is 32.1. The molecule has 168 valence electrons. The van der Waals surface area contributed by atoms with Gasteiger partial charge in [0.15, 0.2) is 0 Å². The van der Waals surface area contributed by atoms with E-state index >= 15 is 0 Å². The molecule has 1 saturated carbocycles. The van der Waals surface area contributed by atoms with Crippen LogP contribution in [0, 0.1) is 23.2 Å². The number of aliphatic hydroxyl groups is 1. The summed E-state index contributed by atoms with van der Waals surface area (Å²) in [5.74, 6) is 0.314. The second-order valence-corrected chi connectivity index (χ2v) is 10.8. The van der Waals surface area contributed by atoms with Gasteiger partial charge >= 0.3 is 0 Å². The van der Waals surface area contributed by atoms with Gasteiger partial charge in [0, 0.05) is 47.8 Å². The summed E-state index contributed by atoms with van der Waals surface area (Å²) in [5.41, 5.74) is 2.23.